The van der Waals surface area contributed by atoms with Gasteiger partial charge in [-0.2, -0.15) is 5.10 Å². The molecule has 25 heavy (non-hydrogen) atoms. The van der Waals surface area contributed by atoms with E-state index in [-0.39, 0.29) is 17.6 Å². The van der Waals surface area contributed by atoms with Gasteiger partial charge < -0.3 is 9.64 Å². The molecule has 1 aliphatic heterocycles. The molecule has 0 N–H and O–H groups in total. The summed E-state index contributed by atoms with van der Waals surface area (Å²) in [5, 5.41) is 8.33. The molecule has 4 rings (SSSR count). The summed E-state index contributed by atoms with van der Waals surface area (Å²) in [6, 6.07) is 9.54. The molecule has 2 fully saturated rings. The molecule has 5 nitrogen and oxygen atoms in total. The molecule has 2 heterocycles. The first-order valence-electron chi connectivity index (χ1n) is 8.70. The first-order valence-corrected chi connectivity index (χ1v) is 8.70. The van der Waals surface area contributed by atoms with Gasteiger partial charge >= 0.3 is 0 Å². The third kappa shape index (κ3) is 3.78. The Labute approximate surface area is 145 Å². The quantitative estimate of drug-likeness (QED) is 0.839. The van der Waals surface area contributed by atoms with Crippen LogP contribution < -0.4 is 4.74 Å². The Kier molecular flexibility index (Phi) is 4.34. The maximum atomic E-state index is 13.0. The van der Waals surface area contributed by atoms with Crippen LogP contribution in [0.2, 0.25) is 0 Å². The van der Waals surface area contributed by atoms with Crippen LogP contribution >= 0.6 is 0 Å². The van der Waals surface area contributed by atoms with Crippen molar-refractivity contribution in [1.29, 1.82) is 0 Å². The van der Waals surface area contributed by atoms with Gasteiger partial charge in [-0.25, -0.2) is 4.39 Å². The minimum atomic E-state index is -0.335. The summed E-state index contributed by atoms with van der Waals surface area (Å²) in [7, 11) is 0. The predicted molar refractivity (Wildman–Crippen MR) is 89.9 cm³/mol. The van der Waals surface area contributed by atoms with Crippen LogP contribution in [-0.4, -0.2) is 40.7 Å². The van der Waals surface area contributed by atoms with Gasteiger partial charge in [0.1, 0.15) is 5.82 Å². The highest BCUT2D eigenvalue weighted by molar-refractivity contribution is 5.94. The Bertz CT molecular complexity index is 744. The van der Waals surface area contributed by atoms with Crippen LogP contribution in [0.5, 0.6) is 5.88 Å². The van der Waals surface area contributed by atoms with Crippen molar-refractivity contribution in [2.45, 2.75) is 25.2 Å². The number of benzene rings is 1. The van der Waals surface area contributed by atoms with Gasteiger partial charge in [-0.05, 0) is 49.6 Å². The molecule has 0 bridgehead atoms. The number of aromatic nitrogens is 2. The number of likely N-dealkylation sites (tertiary alicyclic amines) is 1. The van der Waals surface area contributed by atoms with Crippen LogP contribution in [0.15, 0.2) is 36.4 Å². The number of rotatable bonds is 5. The Morgan fingerprint density at radius 3 is 2.60 bits per heavy atom. The number of amides is 1. The zero-order chi connectivity index (χ0) is 17.2. The summed E-state index contributed by atoms with van der Waals surface area (Å²) in [5.41, 5.74) is 1.56. The van der Waals surface area contributed by atoms with E-state index in [2.05, 4.69) is 10.2 Å². The lowest BCUT2D eigenvalue weighted by atomic mass is 10.1. The number of carbonyl (C=O) groups is 1. The van der Waals surface area contributed by atoms with Crippen LogP contribution in [0.1, 0.15) is 41.2 Å². The molecule has 1 saturated carbocycles. The van der Waals surface area contributed by atoms with Gasteiger partial charge in [0, 0.05) is 36.6 Å². The second kappa shape index (κ2) is 6.78. The van der Waals surface area contributed by atoms with E-state index in [0.717, 1.165) is 12.1 Å². The third-order valence-corrected chi connectivity index (χ3v) is 4.79. The van der Waals surface area contributed by atoms with E-state index in [0.29, 0.717) is 37.1 Å². The monoisotopic (exact) mass is 341 g/mol. The van der Waals surface area contributed by atoms with E-state index >= 15 is 0 Å². The highest BCUT2D eigenvalue weighted by Gasteiger charge is 2.28. The fourth-order valence-electron chi connectivity index (χ4n) is 3.14. The van der Waals surface area contributed by atoms with E-state index in [4.69, 9.17) is 4.74 Å². The molecule has 1 amide bonds. The van der Waals surface area contributed by atoms with Crippen molar-refractivity contribution in [2.24, 2.45) is 5.92 Å². The number of nitrogens with zero attached hydrogens (tertiary/aromatic N) is 3. The van der Waals surface area contributed by atoms with E-state index in [1.165, 1.54) is 37.1 Å². The molecule has 0 spiro atoms. The van der Waals surface area contributed by atoms with Gasteiger partial charge in [-0.15, -0.1) is 5.10 Å². The Hall–Kier alpha value is -2.50. The fraction of sp³-hybridized carbons (Fsp3) is 0.421. The lowest BCUT2D eigenvalue weighted by Gasteiger charge is -2.16. The van der Waals surface area contributed by atoms with E-state index in [1.54, 1.807) is 4.90 Å². The first-order chi connectivity index (χ1) is 12.2. The average Bonchev–Trinajstić information content (AvgIpc) is 3.38. The molecule has 1 aromatic carbocycles. The zero-order valence-electron chi connectivity index (χ0n) is 13.9. The van der Waals surface area contributed by atoms with Crippen LogP contribution in [0, 0.1) is 11.7 Å². The number of hydrogen-bond donors (Lipinski definition) is 0. The number of halogens is 1. The molecule has 1 unspecified atom stereocenters. The first kappa shape index (κ1) is 16.0. The van der Waals surface area contributed by atoms with Gasteiger partial charge in [0.25, 0.3) is 5.91 Å². The molecule has 130 valence electrons. The van der Waals surface area contributed by atoms with Gasteiger partial charge in [-0.1, -0.05) is 0 Å². The number of hydrogen-bond acceptors (Lipinski definition) is 4. The van der Waals surface area contributed by atoms with Gasteiger partial charge in [-0.3, -0.25) is 4.79 Å². The van der Waals surface area contributed by atoms with Crippen molar-refractivity contribution in [1.82, 2.24) is 15.1 Å². The molecular formula is C19H20FN3O2. The summed E-state index contributed by atoms with van der Waals surface area (Å²) >= 11 is 0. The van der Waals surface area contributed by atoms with Crippen molar-refractivity contribution in [3.05, 3.63) is 53.5 Å². The van der Waals surface area contributed by atoms with E-state index in [1.807, 2.05) is 12.1 Å². The molecular weight excluding hydrogens is 321 g/mol. The summed E-state index contributed by atoms with van der Waals surface area (Å²) in [6.07, 6.45) is 3.30. The van der Waals surface area contributed by atoms with E-state index < -0.39 is 0 Å². The number of ether oxygens (including phenoxy) is 1. The van der Waals surface area contributed by atoms with Gasteiger partial charge in [0.05, 0.1) is 12.3 Å². The predicted octanol–water partition coefficient (Wildman–Crippen LogP) is 3.03. The average molecular weight is 341 g/mol. The minimum Gasteiger partial charge on any atom is -0.476 e. The lowest BCUT2D eigenvalue weighted by molar-refractivity contribution is 0.0782. The Balaban J connectivity index is 1.28. The van der Waals surface area contributed by atoms with Crippen LogP contribution in [0.3, 0.4) is 0 Å². The molecule has 1 saturated heterocycles. The number of carbonyl (C=O) groups excluding carboxylic acids is 1. The zero-order valence-corrected chi connectivity index (χ0v) is 13.9. The normalized spacial score (nSPS) is 19.9. The summed E-state index contributed by atoms with van der Waals surface area (Å²) in [4.78, 5) is 14.2. The highest BCUT2D eigenvalue weighted by atomic mass is 19.1. The van der Waals surface area contributed by atoms with Crippen molar-refractivity contribution < 1.29 is 13.9 Å². The van der Waals surface area contributed by atoms with E-state index in [9.17, 15) is 9.18 Å². The van der Waals surface area contributed by atoms with Crippen molar-refractivity contribution >= 4 is 5.91 Å². The smallest absolute Gasteiger partial charge is 0.253 e. The van der Waals surface area contributed by atoms with Gasteiger partial charge in [0.15, 0.2) is 0 Å². The highest BCUT2D eigenvalue weighted by Crippen LogP contribution is 2.38. The molecule has 0 radical (unpaired) electrons. The molecule has 1 aromatic heterocycles. The summed E-state index contributed by atoms with van der Waals surface area (Å²) < 4.78 is 18.7. The van der Waals surface area contributed by atoms with Crippen LogP contribution in [-0.2, 0) is 0 Å². The largest absolute Gasteiger partial charge is 0.476 e. The Morgan fingerprint density at radius 1 is 1.12 bits per heavy atom. The SMILES string of the molecule is O=C(c1ccc(F)cc1)N1CCC(COc2ccc(C3CC3)nn2)C1. The topological polar surface area (TPSA) is 55.3 Å². The minimum absolute atomic E-state index is 0.0592. The third-order valence-electron chi connectivity index (χ3n) is 4.79. The van der Waals surface area contributed by atoms with Crippen molar-refractivity contribution in [3.63, 3.8) is 0 Å². The van der Waals surface area contributed by atoms with Gasteiger partial charge in [0.2, 0.25) is 5.88 Å². The van der Waals surface area contributed by atoms with Crippen LogP contribution in [0.25, 0.3) is 0 Å². The standard InChI is InChI=1S/C19H20FN3O2/c20-16-5-3-15(4-6-16)19(24)23-10-9-13(11-23)12-25-18-8-7-17(21-22-18)14-1-2-14/h3-8,13-14H,1-2,9-12H2. The fourth-order valence-corrected chi connectivity index (χ4v) is 3.14. The van der Waals surface area contributed by atoms with Crippen molar-refractivity contribution in [2.75, 3.05) is 19.7 Å². The molecule has 1 aliphatic carbocycles. The molecule has 2 aliphatic rings. The Morgan fingerprint density at radius 2 is 1.92 bits per heavy atom. The molecule has 6 heteroatoms. The maximum absolute atomic E-state index is 13.0. The molecule has 2 aromatic rings. The van der Waals surface area contributed by atoms with Crippen molar-refractivity contribution in [3.8, 4) is 5.88 Å². The lowest BCUT2D eigenvalue weighted by Crippen LogP contribution is -2.29. The van der Waals surface area contributed by atoms with Crippen LogP contribution in [0.4, 0.5) is 4.39 Å². The summed E-state index contributed by atoms with van der Waals surface area (Å²) in [5.74, 6) is 0.999. The second-order valence-corrected chi connectivity index (χ2v) is 6.79. The maximum Gasteiger partial charge on any atom is 0.253 e. The second-order valence-electron chi connectivity index (χ2n) is 6.79. The molecule has 1 atom stereocenters. The summed E-state index contributed by atoms with van der Waals surface area (Å²) in [6.45, 7) is 1.85.